The highest BCUT2D eigenvalue weighted by Crippen LogP contribution is 2.25. The number of aromatic amines is 1. The summed E-state index contributed by atoms with van der Waals surface area (Å²) in [7, 11) is 0. The van der Waals surface area contributed by atoms with Gasteiger partial charge in [-0.15, -0.1) is 0 Å². The predicted octanol–water partition coefficient (Wildman–Crippen LogP) is 3.16. The highest BCUT2D eigenvalue weighted by molar-refractivity contribution is 5.82. The van der Waals surface area contributed by atoms with E-state index in [9.17, 15) is 4.79 Å². The molecule has 0 saturated carbocycles. The Morgan fingerprint density at radius 2 is 1.79 bits per heavy atom. The first-order valence-corrected chi connectivity index (χ1v) is 9.94. The molecule has 1 aliphatic heterocycles. The first kappa shape index (κ1) is 18.0. The van der Waals surface area contributed by atoms with Gasteiger partial charge in [-0.3, -0.25) is 9.69 Å². The van der Waals surface area contributed by atoms with E-state index < -0.39 is 0 Å². The molecule has 5 rings (SSSR count). The maximum atomic E-state index is 12.5. The van der Waals surface area contributed by atoms with Gasteiger partial charge in [0.2, 0.25) is 0 Å². The van der Waals surface area contributed by atoms with Crippen LogP contribution in [0.25, 0.3) is 27.7 Å². The molecule has 2 aromatic heterocycles. The zero-order valence-electron chi connectivity index (χ0n) is 16.1. The Hall–Kier alpha value is -3.09. The predicted molar refractivity (Wildman–Crippen MR) is 114 cm³/mol. The average molecular weight is 389 g/mol. The maximum Gasteiger partial charge on any atom is 0.272 e. The smallest absolute Gasteiger partial charge is 0.272 e. The number of rotatable bonds is 5. The van der Waals surface area contributed by atoms with E-state index >= 15 is 0 Å². The molecular formula is C23H23N3O3. The molecule has 0 amide bonds. The lowest BCUT2D eigenvalue weighted by atomic mass is 10.1. The van der Waals surface area contributed by atoms with Crippen LogP contribution in [0.3, 0.4) is 0 Å². The summed E-state index contributed by atoms with van der Waals surface area (Å²) in [5, 5.41) is 0. The van der Waals surface area contributed by atoms with Gasteiger partial charge in [-0.1, -0.05) is 30.3 Å². The fraction of sp³-hybridized carbons (Fsp3) is 0.261. The van der Waals surface area contributed by atoms with E-state index in [1.54, 1.807) is 0 Å². The second kappa shape index (κ2) is 7.73. The van der Waals surface area contributed by atoms with Crippen LogP contribution in [-0.4, -0.2) is 53.7 Å². The summed E-state index contributed by atoms with van der Waals surface area (Å²) < 4.78 is 13.3. The topological polar surface area (TPSA) is 59.0 Å². The molecule has 0 radical (unpaired) electrons. The lowest BCUT2D eigenvalue weighted by molar-refractivity contribution is 0.0322. The van der Waals surface area contributed by atoms with Crippen LogP contribution in [0.5, 0.6) is 5.75 Å². The fourth-order valence-corrected chi connectivity index (χ4v) is 3.84. The van der Waals surface area contributed by atoms with Crippen LogP contribution in [0.15, 0.2) is 65.6 Å². The Balaban J connectivity index is 1.45. The zero-order valence-corrected chi connectivity index (χ0v) is 16.1. The van der Waals surface area contributed by atoms with Crippen molar-refractivity contribution in [2.75, 3.05) is 39.5 Å². The monoisotopic (exact) mass is 389 g/mol. The summed E-state index contributed by atoms with van der Waals surface area (Å²) in [5.41, 5.74) is 4.34. The minimum Gasteiger partial charge on any atom is -0.492 e. The zero-order chi connectivity index (χ0) is 19.6. The Bertz CT molecular complexity index is 1190. The van der Waals surface area contributed by atoms with Crippen LogP contribution in [0.2, 0.25) is 0 Å². The van der Waals surface area contributed by atoms with Gasteiger partial charge in [-0.2, -0.15) is 0 Å². The third-order valence-electron chi connectivity index (χ3n) is 5.42. The molecule has 6 heteroatoms. The minimum absolute atomic E-state index is 0.0966. The Labute approximate surface area is 168 Å². The van der Waals surface area contributed by atoms with Crippen LogP contribution in [0.4, 0.5) is 0 Å². The van der Waals surface area contributed by atoms with E-state index in [1.165, 1.54) is 0 Å². The SMILES string of the molecule is O=c1[nH]c2ccc(OCCN3CCOCC3)cc2n2cc(-c3ccccc3)cc12. The number of fused-ring (bicyclic) bond motifs is 3. The van der Waals surface area contributed by atoms with Crippen molar-refractivity contribution in [1.29, 1.82) is 0 Å². The van der Waals surface area contributed by atoms with Gasteiger partial charge in [-0.05, 0) is 23.8 Å². The van der Waals surface area contributed by atoms with Gasteiger partial charge >= 0.3 is 0 Å². The lowest BCUT2D eigenvalue weighted by Crippen LogP contribution is -2.38. The lowest BCUT2D eigenvalue weighted by Gasteiger charge is -2.26. The van der Waals surface area contributed by atoms with Gasteiger partial charge in [0.25, 0.3) is 5.56 Å². The molecule has 6 nitrogen and oxygen atoms in total. The molecule has 0 spiro atoms. The summed E-state index contributed by atoms with van der Waals surface area (Å²) in [6.45, 7) is 4.99. The molecule has 2 aromatic carbocycles. The quantitative estimate of drug-likeness (QED) is 0.570. The highest BCUT2D eigenvalue weighted by Gasteiger charge is 2.12. The van der Waals surface area contributed by atoms with Crippen molar-refractivity contribution in [3.05, 3.63) is 71.1 Å². The highest BCUT2D eigenvalue weighted by atomic mass is 16.5. The van der Waals surface area contributed by atoms with Gasteiger partial charge in [0.15, 0.2) is 0 Å². The van der Waals surface area contributed by atoms with Crippen molar-refractivity contribution in [2.24, 2.45) is 0 Å². The number of nitrogens with one attached hydrogen (secondary N) is 1. The van der Waals surface area contributed by atoms with Gasteiger partial charge in [0.1, 0.15) is 17.9 Å². The van der Waals surface area contributed by atoms with E-state index in [0.717, 1.165) is 60.8 Å². The largest absolute Gasteiger partial charge is 0.492 e. The number of aromatic nitrogens is 2. The standard InChI is InChI=1S/C23H23N3O3/c27-23-22-14-18(17-4-2-1-3-5-17)16-26(22)21-15-19(6-7-20(21)24-23)29-13-10-25-8-11-28-12-9-25/h1-7,14-16H,8-13H2,(H,24,27). The number of H-pyrrole nitrogens is 1. The van der Waals surface area contributed by atoms with Crippen molar-refractivity contribution >= 4 is 16.6 Å². The number of hydrogen-bond acceptors (Lipinski definition) is 4. The van der Waals surface area contributed by atoms with Gasteiger partial charge in [0, 0.05) is 37.5 Å². The van der Waals surface area contributed by atoms with Crippen LogP contribution in [0.1, 0.15) is 0 Å². The number of benzene rings is 2. The van der Waals surface area contributed by atoms with Crippen LogP contribution >= 0.6 is 0 Å². The van der Waals surface area contributed by atoms with E-state index in [1.807, 2.05) is 65.2 Å². The van der Waals surface area contributed by atoms with E-state index in [0.29, 0.717) is 12.1 Å². The molecule has 0 aliphatic carbocycles. The van der Waals surface area contributed by atoms with Gasteiger partial charge < -0.3 is 18.9 Å². The molecule has 0 bridgehead atoms. The molecule has 148 valence electrons. The summed E-state index contributed by atoms with van der Waals surface area (Å²) in [6.07, 6.45) is 2.01. The number of nitrogens with zero attached hydrogens (tertiary/aromatic N) is 2. The van der Waals surface area contributed by atoms with Crippen molar-refractivity contribution in [2.45, 2.75) is 0 Å². The molecular weight excluding hydrogens is 366 g/mol. The van der Waals surface area contributed by atoms with Gasteiger partial charge in [-0.25, -0.2) is 0 Å². The van der Waals surface area contributed by atoms with Crippen molar-refractivity contribution in [1.82, 2.24) is 14.3 Å². The van der Waals surface area contributed by atoms with Gasteiger partial charge in [0.05, 0.1) is 24.2 Å². The summed E-state index contributed by atoms with van der Waals surface area (Å²) in [4.78, 5) is 17.9. The van der Waals surface area contributed by atoms with Crippen LogP contribution < -0.4 is 10.3 Å². The van der Waals surface area contributed by atoms with E-state index in [2.05, 4.69) is 9.88 Å². The molecule has 29 heavy (non-hydrogen) atoms. The molecule has 0 atom stereocenters. The van der Waals surface area contributed by atoms with Crippen LogP contribution in [0, 0.1) is 0 Å². The second-order valence-corrected chi connectivity index (χ2v) is 7.29. The molecule has 1 fully saturated rings. The molecule has 0 unspecified atom stereocenters. The minimum atomic E-state index is -0.0966. The molecule has 4 aromatic rings. The Morgan fingerprint density at radius 1 is 0.966 bits per heavy atom. The Morgan fingerprint density at radius 3 is 2.62 bits per heavy atom. The number of morpholine rings is 1. The summed E-state index contributed by atoms with van der Waals surface area (Å²) >= 11 is 0. The Kier molecular flexibility index (Phi) is 4.79. The summed E-state index contributed by atoms with van der Waals surface area (Å²) in [5.74, 6) is 0.800. The number of hydrogen-bond donors (Lipinski definition) is 1. The molecule has 3 heterocycles. The molecule has 1 N–H and O–H groups in total. The summed E-state index contributed by atoms with van der Waals surface area (Å²) in [6, 6.07) is 17.8. The normalized spacial score (nSPS) is 15.2. The van der Waals surface area contributed by atoms with E-state index in [-0.39, 0.29) is 5.56 Å². The maximum absolute atomic E-state index is 12.5. The van der Waals surface area contributed by atoms with Crippen molar-refractivity contribution < 1.29 is 9.47 Å². The molecule has 1 saturated heterocycles. The third-order valence-corrected chi connectivity index (χ3v) is 5.42. The van der Waals surface area contributed by atoms with Crippen LogP contribution in [-0.2, 0) is 4.74 Å². The first-order valence-electron chi connectivity index (χ1n) is 9.94. The second-order valence-electron chi connectivity index (χ2n) is 7.29. The fourth-order valence-electron chi connectivity index (χ4n) is 3.84. The first-order chi connectivity index (χ1) is 14.3. The van der Waals surface area contributed by atoms with E-state index in [4.69, 9.17) is 9.47 Å². The third kappa shape index (κ3) is 3.64. The number of ether oxygens (including phenoxy) is 2. The van der Waals surface area contributed by atoms with Crippen molar-refractivity contribution in [3.8, 4) is 16.9 Å². The average Bonchev–Trinajstić information content (AvgIpc) is 3.22. The molecule has 1 aliphatic rings. The van der Waals surface area contributed by atoms with Crippen molar-refractivity contribution in [3.63, 3.8) is 0 Å².